The minimum atomic E-state index is -1.35. The number of alkyl halides is 1. The smallest absolute Gasteiger partial charge is 0.331 e. The number of carbonyl (C=O) groups excluding carboxylic acids is 1. The van der Waals surface area contributed by atoms with Crippen LogP contribution in [0.1, 0.15) is 20.8 Å². The van der Waals surface area contributed by atoms with Gasteiger partial charge in [0.25, 0.3) is 0 Å². The van der Waals surface area contributed by atoms with E-state index in [1.807, 2.05) is 0 Å². The molecule has 0 amide bonds. The number of carbonyl (C=O) groups is 1. The summed E-state index contributed by atoms with van der Waals surface area (Å²) >= 11 is 5.84. The summed E-state index contributed by atoms with van der Waals surface area (Å²) in [5.74, 6) is -1.00. The van der Waals surface area contributed by atoms with Crippen molar-refractivity contribution in [2.75, 3.05) is 13.2 Å². The molecule has 4 nitrogen and oxygen atoms in total. The molecular formula is C10H15ClO4. The lowest BCUT2D eigenvalue weighted by atomic mass is 10.2. The van der Waals surface area contributed by atoms with Crippen LogP contribution in [0.15, 0.2) is 17.8 Å². The maximum atomic E-state index is 11.3. The molecule has 0 aliphatic carbocycles. The zero-order chi connectivity index (χ0) is 11.9. The van der Waals surface area contributed by atoms with Gasteiger partial charge in [0.05, 0.1) is 13.2 Å². The zero-order valence-corrected chi connectivity index (χ0v) is 9.80. The first-order chi connectivity index (χ1) is 6.94. The van der Waals surface area contributed by atoms with Crippen molar-refractivity contribution in [3.63, 3.8) is 0 Å². The molecular weight excluding hydrogens is 220 g/mol. The molecule has 0 aliphatic rings. The first-order valence-corrected chi connectivity index (χ1v) is 4.97. The molecule has 1 atom stereocenters. The van der Waals surface area contributed by atoms with E-state index in [9.17, 15) is 4.79 Å². The van der Waals surface area contributed by atoms with Gasteiger partial charge in [0.2, 0.25) is 0 Å². The van der Waals surface area contributed by atoms with Crippen LogP contribution in [-0.4, -0.2) is 29.2 Å². The number of rotatable bonds is 5. The van der Waals surface area contributed by atoms with Crippen molar-refractivity contribution in [3.8, 4) is 0 Å². The third-order valence-corrected chi connectivity index (χ3v) is 1.69. The first-order valence-electron chi connectivity index (χ1n) is 4.59. The van der Waals surface area contributed by atoms with Crippen LogP contribution in [0.3, 0.4) is 0 Å². The molecule has 0 rings (SSSR count). The van der Waals surface area contributed by atoms with E-state index in [-0.39, 0.29) is 6.61 Å². The molecule has 0 saturated heterocycles. The third-order valence-electron chi connectivity index (χ3n) is 1.42. The highest BCUT2D eigenvalue weighted by Gasteiger charge is 2.29. The number of aliphatic hydroxyl groups excluding tert-OH is 1. The quantitative estimate of drug-likeness (QED) is 0.343. The minimum absolute atomic E-state index is 0.246. The summed E-state index contributed by atoms with van der Waals surface area (Å²) in [6, 6.07) is 0. The van der Waals surface area contributed by atoms with Crippen LogP contribution in [0.2, 0.25) is 0 Å². The second kappa shape index (κ2) is 6.38. The van der Waals surface area contributed by atoms with Gasteiger partial charge < -0.3 is 14.6 Å². The molecule has 0 aromatic rings. The van der Waals surface area contributed by atoms with Crippen molar-refractivity contribution in [2.45, 2.75) is 25.6 Å². The molecule has 1 N–H and O–H groups in total. The zero-order valence-electron chi connectivity index (χ0n) is 9.04. The molecule has 5 heteroatoms. The average Bonchev–Trinajstić information content (AvgIpc) is 2.16. The average molecular weight is 235 g/mol. The fraction of sp³-hybridized carbons (Fsp3) is 0.600. The summed E-state index contributed by atoms with van der Waals surface area (Å²) in [6.45, 7) is 5.39. The largest absolute Gasteiger partial charge is 0.475 e. The highest BCUT2D eigenvalue weighted by molar-refractivity contribution is 6.35. The Hall–Kier alpha value is -1.12. The number of halogens is 1. The first kappa shape index (κ1) is 13.9. The highest BCUT2D eigenvalue weighted by Crippen LogP contribution is 2.17. The Bertz CT molecular complexity index is 277. The Labute approximate surface area is 94.1 Å². The Morgan fingerprint density at radius 3 is 2.47 bits per heavy atom. The molecule has 86 valence electrons. The van der Waals surface area contributed by atoms with Crippen LogP contribution in [0.25, 0.3) is 0 Å². The van der Waals surface area contributed by atoms with Gasteiger partial charge in [0.15, 0.2) is 4.87 Å². The van der Waals surface area contributed by atoms with Gasteiger partial charge in [-0.25, -0.2) is 4.79 Å². The van der Waals surface area contributed by atoms with Crippen LogP contribution in [0.5, 0.6) is 0 Å². The highest BCUT2D eigenvalue weighted by atomic mass is 35.5. The van der Waals surface area contributed by atoms with Gasteiger partial charge in [-0.15, -0.1) is 11.6 Å². The van der Waals surface area contributed by atoms with Gasteiger partial charge in [-0.3, -0.25) is 0 Å². The van der Waals surface area contributed by atoms with E-state index in [4.69, 9.17) is 26.2 Å². The summed E-state index contributed by atoms with van der Waals surface area (Å²) in [4.78, 5) is 9.93. The van der Waals surface area contributed by atoms with Crippen LogP contribution in [0.4, 0.5) is 0 Å². The van der Waals surface area contributed by atoms with Crippen LogP contribution in [0, 0.1) is 0 Å². The molecule has 15 heavy (non-hydrogen) atoms. The normalized spacial score (nSPS) is 13.3. The molecule has 1 unspecified atom stereocenters. The number of esters is 1. The molecule has 0 aromatic carbocycles. The Kier molecular flexibility index (Phi) is 5.90. The summed E-state index contributed by atoms with van der Waals surface area (Å²) < 4.78 is 9.42. The molecule has 0 aromatic heterocycles. The van der Waals surface area contributed by atoms with E-state index in [0.717, 1.165) is 0 Å². The van der Waals surface area contributed by atoms with E-state index < -0.39 is 16.8 Å². The van der Waals surface area contributed by atoms with E-state index in [1.54, 1.807) is 13.8 Å². The number of hydrogen-bond acceptors (Lipinski definition) is 4. The summed E-state index contributed by atoms with van der Waals surface area (Å²) in [6.07, 6.45) is 1.19. The molecule has 0 fully saturated rings. The predicted molar refractivity (Wildman–Crippen MR) is 56.7 cm³/mol. The van der Waals surface area contributed by atoms with E-state index in [0.29, 0.717) is 6.61 Å². The van der Waals surface area contributed by atoms with E-state index in [2.05, 4.69) is 5.73 Å². The van der Waals surface area contributed by atoms with Gasteiger partial charge in [-0.2, -0.15) is 0 Å². The van der Waals surface area contributed by atoms with Crippen molar-refractivity contribution >= 4 is 17.6 Å². The third kappa shape index (κ3) is 5.35. The van der Waals surface area contributed by atoms with Crippen LogP contribution < -0.4 is 0 Å². The summed E-state index contributed by atoms with van der Waals surface area (Å²) in [5.41, 5.74) is 2.36. The van der Waals surface area contributed by atoms with Gasteiger partial charge >= 0.3 is 11.9 Å². The minimum Gasteiger partial charge on any atom is -0.475 e. The van der Waals surface area contributed by atoms with Crippen molar-refractivity contribution in [3.05, 3.63) is 17.8 Å². The summed E-state index contributed by atoms with van der Waals surface area (Å²) in [5, 5.41) is 9.07. The lowest BCUT2D eigenvalue weighted by Crippen LogP contribution is -2.28. The second-order valence-corrected chi connectivity index (χ2v) is 3.61. The molecule has 0 heterocycles. The van der Waals surface area contributed by atoms with Gasteiger partial charge in [0.1, 0.15) is 0 Å². The molecule has 0 radical (unpaired) electrons. The van der Waals surface area contributed by atoms with Gasteiger partial charge in [-0.05, 0) is 32.6 Å². The monoisotopic (exact) mass is 234 g/mol. The van der Waals surface area contributed by atoms with Crippen molar-refractivity contribution < 1.29 is 19.4 Å². The molecule has 0 spiro atoms. The van der Waals surface area contributed by atoms with E-state index >= 15 is 0 Å². The van der Waals surface area contributed by atoms with Crippen molar-refractivity contribution in [1.29, 1.82) is 0 Å². The van der Waals surface area contributed by atoms with Crippen molar-refractivity contribution in [2.24, 2.45) is 0 Å². The Morgan fingerprint density at radius 2 is 2.00 bits per heavy atom. The predicted octanol–water partition coefficient (Wildman–Crippen LogP) is 2.14. The fourth-order valence-electron chi connectivity index (χ4n) is 0.707. The maximum absolute atomic E-state index is 11.3. The maximum Gasteiger partial charge on any atom is 0.331 e. The number of hydrogen-bond donors (Lipinski definition) is 1. The summed E-state index contributed by atoms with van der Waals surface area (Å²) in [7, 11) is 0. The van der Waals surface area contributed by atoms with E-state index in [1.165, 1.54) is 13.0 Å². The SMILES string of the molecule is CCOC(=O)C(C)(Cl)C=C=C(O)OCC. The lowest BCUT2D eigenvalue weighted by molar-refractivity contribution is -0.144. The van der Waals surface area contributed by atoms with Gasteiger partial charge in [-0.1, -0.05) is 0 Å². The number of ether oxygens (including phenoxy) is 2. The molecule has 0 aliphatic heterocycles. The lowest BCUT2D eigenvalue weighted by Gasteiger charge is -2.13. The standard InChI is InChI=1S/C10H15ClO4/c1-4-14-8(12)6-7-10(3,11)9(13)15-5-2/h7,12H,4-5H2,1-3H3. The molecule has 0 bridgehead atoms. The Morgan fingerprint density at radius 1 is 1.47 bits per heavy atom. The topological polar surface area (TPSA) is 55.8 Å². The molecule has 0 saturated carbocycles. The number of aliphatic hydroxyl groups is 1. The Balaban J connectivity index is 4.61. The second-order valence-electron chi connectivity index (χ2n) is 2.82. The van der Waals surface area contributed by atoms with Gasteiger partial charge in [0, 0.05) is 0 Å². The fourth-order valence-corrected chi connectivity index (χ4v) is 0.816. The van der Waals surface area contributed by atoms with Crippen LogP contribution in [-0.2, 0) is 14.3 Å². The van der Waals surface area contributed by atoms with Crippen molar-refractivity contribution in [1.82, 2.24) is 0 Å². The van der Waals surface area contributed by atoms with Crippen LogP contribution >= 0.6 is 11.6 Å².